The molecule has 1 aromatic carbocycles. The van der Waals surface area contributed by atoms with Gasteiger partial charge in [0.2, 0.25) is 11.8 Å². The molecular formula is C13H15N3O3S. The van der Waals surface area contributed by atoms with Crippen molar-refractivity contribution in [2.75, 3.05) is 23.3 Å². The minimum atomic E-state index is -0.230. The van der Waals surface area contributed by atoms with E-state index in [1.54, 1.807) is 24.3 Å². The number of carbonyl (C=O) groups is 3. The second kappa shape index (κ2) is 6.42. The predicted octanol–water partition coefficient (Wildman–Crippen LogP) is 1.68. The maximum Gasteiger partial charge on any atom is 0.288 e. The first-order valence-electron chi connectivity index (χ1n) is 6.19. The highest BCUT2D eigenvalue weighted by Gasteiger charge is 2.29. The lowest BCUT2D eigenvalue weighted by Gasteiger charge is -2.12. The van der Waals surface area contributed by atoms with Gasteiger partial charge in [0.25, 0.3) is 5.24 Å². The Labute approximate surface area is 120 Å². The summed E-state index contributed by atoms with van der Waals surface area (Å²) >= 11 is 1.000. The van der Waals surface area contributed by atoms with Crippen molar-refractivity contribution in [1.82, 2.24) is 4.90 Å². The molecule has 1 fully saturated rings. The summed E-state index contributed by atoms with van der Waals surface area (Å²) in [6.45, 7) is 0.287. The van der Waals surface area contributed by atoms with Gasteiger partial charge in [-0.15, -0.1) is 0 Å². The number of nitrogens with one attached hydrogen (secondary N) is 1. The van der Waals surface area contributed by atoms with Gasteiger partial charge in [0.05, 0.1) is 5.75 Å². The van der Waals surface area contributed by atoms with Crippen LogP contribution in [0.15, 0.2) is 24.3 Å². The SMILES string of the molecule is Nc1cccc(NC(=O)CCCN2C(=O)CSC2=O)c1. The summed E-state index contributed by atoms with van der Waals surface area (Å²) in [5.41, 5.74) is 6.83. The molecule has 3 N–H and O–H groups in total. The smallest absolute Gasteiger partial charge is 0.288 e. The van der Waals surface area contributed by atoms with Crippen molar-refractivity contribution in [2.45, 2.75) is 12.8 Å². The van der Waals surface area contributed by atoms with E-state index in [4.69, 9.17) is 5.73 Å². The molecule has 0 spiro atoms. The molecule has 20 heavy (non-hydrogen) atoms. The lowest BCUT2D eigenvalue weighted by atomic mass is 10.2. The maximum atomic E-state index is 11.7. The zero-order chi connectivity index (χ0) is 14.5. The largest absolute Gasteiger partial charge is 0.399 e. The molecule has 0 unspecified atom stereocenters. The molecule has 0 aliphatic carbocycles. The van der Waals surface area contributed by atoms with Gasteiger partial charge in [0, 0.05) is 24.3 Å². The van der Waals surface area contributed by atoms with Crippen molar-refractivity contribution in [2.24, 2.45) is 0 Å². The molecule has 106 valence electrons. The van der Waals surface area contributed by atoms with E-state index in [0.717, 1.165) is 11.8 Å². The molecule has 1 aliphatic heterocycles. The number of nitrogens with two attached hydrogens (primary N) is 1. The van der Waals surface area contributed by atoms with Crippen LogP contribution in [0.3, 0.4) is 0 Å². The molecule has 0 aromatic heterocycles. The number of hydrogen-bond donors (Lipinski definition) is 2. The summed E-state index contributed by atoms with van der Waals surface area (Å²) in [6.07, 6.45) is 0.697. The molecule has 0 radical (unpaired) electrons. The Hall–Kier alpha value is -2.02. The minimum absolute atomic E-state index is 0.164. The highest BCUT2D eigenvalue weighted by Crippen LogP contribution is 2.19. The van der Waals surface area contributed by atoms with Gasteiger partial charge in [-0.1, -0.05) is 17.8 Å². The van der Waals surface area contributed by atoms with E-state index in [9.17, 15) is 14.4 Å². The van der Waals surface area contributed by atoms with Crippen LogP contribution in [-0.4, -0.2) is 34.3 Å². The standard InChI is InChI=1S/C13H15N3O3S/c14-9-3-1-4-10(7-9)15-11(17)5-2-6-16-12(18)8-20-13(16)19/h1,3-4,7H,2,5-6,8,14H2,(H,15,17). The molecule has 0 saturated carbocycles. The average molecular weight is 293 g/mol. The number of hydrogen-bond acceptors (Lipinski definition) is 5. The van der Waals surface area contributed by atoms with E-state index >= 15 is 0 Å². The van der Waals surface area contributed by atoms with Crippen LogP contribution in [0, 0.1) is 0 Å². The van der Waals surface area contributed by atoms with E-state index in [-0.39, 0.29) is 35.8 Å². The lowest BCUT2D eigenvalue weighted by molar-refractivity contribution is -0.125. The summed E-state index contributed by atoms with van der Waals surface area (Å²) < 4.78 is 0. The first-order valence-corrected chi connectivity index (χ1v) is 7.17. The first-order chi connectivity index (χ1) is 9.56. The van der Waals surface area contributed by atoms with Gasteiger partial charge >= 0.3 is 0 Å². The number of thioether (sulfide) groups is 1. The summed E-state index contributed by atoms with van der Waals surface area (Å²) in [5.74, 6) is -0.146. The maximum absolute atomic E-state index is 11.7. The fraction of sp³-hybridized carbons (Fsp3) is 0.308. The Kier molecular flexibility index (Phi) is 4.62. The van der Waals surface area contributed by atoms with Crippen LogP contribution in [0.5, 0.6) is 0 Å². The third-order valence-corrected chi connectivity index (χ3v) is 3.66. The van der Waals surface area contributed by atoms with Crippen LogP contribution in [0.1, 0.15) is 12.8 Å². The highest BCUT2D eigenvalue weighted by molar-refractivity contribution is 8.14. The Morgan fingerprint density at radius 1 is 1.40 bits per heavy atom. The normalized spacial score (nSPS) is 14.7. The molecule has 3 amide bonds. The first kappa shape index (κ1) is 14.4. The molecular weight excluding hydrogens is 278 g/mol. The molecule has 1 saturated heterocycles. The van der Waals surface area contributed by atoms with E-state index in [2.05, 4.69) is 5.32 Å². The monoisotopic (exact) mass is 293 g/mol. The summed E-state index contributed by atoms with van der Waals surface area (Å²) in [5, 5.41) is 2.49. The van der Waals surface area contributed by atoms with E-state index < -0.39 is 0 Å². The van der Waals surface area contributed by atoms with Gasteiger partial charge < -0.3 is 11.1 Å². The third-order valence-electron chi connectivity index (χ3n) is 2.80. The predicted molar refractivity (Wildman–Crippen MR) is 78.3 cm³/mol. The van der Waals surface area contributed by atoms with Crippen LogP contribution in [-0.2, 0) is 9.59 Å². The topological polar surface area (TPSA) is 92.5 Å². The molecule has 1 aliphatic rings. The quantitative estimate of drug-likeness (QED) is 0.806. The number of nitrogen functional groups attached to an aromatic ring is 1. The lowest BCUT2D eigenvalue weighted by Crippen LogP contribution is -2.30. The van der Waals surface area contributed by atoms with Crippen molar-refractivity contribution in [3.8, 4) is 0 Å². The van der Waals surface area contributed by atoms with Crippen LogP contribution in [0.4, 0.5) is 16.2 Å². The van der Waals surface area contributed by atoms with E-state index in [0.29, 0.717) is 17.8 Å². The van der Waals surface area contributed by atoms with E-state index in [1.165, 1.54) is 4.90 Å². The Morgan fingerprint density at radius 2 is 2.20 bits per heavy atom. The molecule has 7 heteroatoms. The van der Waals surface area contributed by atoms with Gasteiger partial charge in [0.1, 0.15) is 0 Å². The molecule has 1 aromatic rings. The minimum Gasteiger partial charge on any atom is -0.399 e. The molecule has 1 heterocycles. The van der Waals surface area contributed by atoms with Crippen LogP contribution >= 0.6 is 11.8 Å². The number of nitrogens with zero attached hydrogens (tertiary/aromatic N) is 1. The Balaban J connectivity index is 1.75. The number of benzene rings is 1. The third kappa shape index (κ3) is 3.74. The van der Waals surface area contributed by atoms with Crippen molar-refractivity contribution in [3.05, 3.63) is 24.3 Å². The molecule has 6 nitrogen and oxygen atoms in total. The Morgan fingerprint density at radius 3 is 2.85 bits per heavy atom. The summed E-state index contributed by atoms with van der Waals surface area (Å²) in [4.78, 5) is 35.6. The summed E-state index contributed by atoms with van der Waals surface area (Å²) in [6, 6.07) is 6.90. The van der Waals surface area contributed by atoms with Gasteiger partial charge in [-0.2, -0.15) is 0 Å². The molecule has 0 bridgehead atoms. The van der Waals surface area contributed by atoms with E-state index in [1.807, 2.05) is 0 Å². The van der Waals surface area contributed by atoms with Crippen LogP contribution < -0.4 is 11.1 Å². The zero-order valence-electron chi connectivity index (χ0n) is 10.8. The molecule has 0 atom stereocenters. The second-order valence-corrected chi connectivity index (χ2v) is 5.30. The van der Waals surface area contributed by atoms with Gasteiger partial charge in [-0.05, 0) is 24.6 Å². The molecule has 2 rings (SSSR count). The van der Waals surface area contributed by atoms with Crippen molar-refractivity contribution in [1.29, 1.82) is 0 Å². The fourth-order valence-electron chi connectivity index (χ4n) is 1.83. The number of rotatable bonds is 5. The zero-order valence-corrected chi connectivity index (χ0v) is 11.6. The number of anilines is 2. The number of imide groups is 1. The summed E-state index contributed by atoms with van der Waals surface area (Å²) in [7, 11) is 0. The van der Waals surface area contributed by atoms with Crippen molar-refractivity contribution in [3.63, 3.8) is 0 Å². The van der Waals surface area contributed by atoms with Crippen LogP contribution in [0.2, 0.25) is 0 Å². The van der Waals surface area contributed by atoms with Crippen molar-refractivity contribution >= 4 is 40.2 Å². The van der Waals surface area contributed by atoms with Crippen LogP contribution in [0.25, 0.3) is 0 Å². The van der Waals surface area contributed by atoms with Gasteiger partial charge in [0.15, 0.2) is 0 Å². The highest BCUT2D eigenvalue weighted by atomic mass is 32.2. The second-order valence-electron chi connectivity index (χ2n) is 4.38. The fourth-order valence-corrected chi connectivity index (χ4v) is 2.59. The Bertz CT molecular complexity index is 531. The van der Waals surface area contributed by atoms with Gasteiger partial charge in [-0.3, -0.25) is 19.3 Å². The number of carbonyl (C=O) groups excluding carboxylic acids is 3. The number of amides is 3. The average Bonchev–Trinajstić information content (AvgIpc) is 2.70. The van der Waals surface area contributed by atoms with Gasteiger partial charge in [-0.25, -0.2) is 0 Å². The van der Waals surface area contributed by atoms with Crippen molar-refractivity contribution < 1.29 is 14.4 Å².